The summed E-state index contributed by atoms with van der Waals surface area (Å²) in [6, 6.07) is 16.2. The van der Waals surface area contributed by atoms with E-state index < -0.39 is 0 Å². The quantitative estimate of drug-likeness (QED) is 0.829. The lowest BCUT2D eigenvalue weighted by molar-refractivity contribution is 0.519. The van der Waals surface area contributed by atoms with Gasteiger partial charge < -0.3 is 5.32 Å². The molecule has 0 aliphatic rings. The van der Waals surface area contributed by atoms with Crippen LogP contribution in [0.2, 0.25) is 0 Å². The maximum absolute atomic E-state index is 3.48. The highest BCUT2D eigenvalue weighted by Crippen LogP contribution is 2.15. The Morgan fingerprint density at radius 1 is 0.905 bits per heavy atom. The maximum Gasteiger partial charge on any atom is 0.0108 e. The molecule has 0 amide bonds. The number of benzene rings is 2. The average Bonchev–Trinajstić information content (AvgIpc) is 2.48. The molecule has 1 unspecified atom stereocenters. The van der Waals surface area contributed by atoms with Gasteiger partial charge in [0.1, 0.15) is 0 Å². The summed E-state index contributed by atoms with van der Waals surface area (Å²) in [5.74, 6) is 0. The van der Waals surface area contributed by atoms with Gasteiger partial charge in [-0.2, -0.15) is 0 Å². The molecule has 0 aromatic heterocycles. The third-order valence-electron chi connectivity index (χ3n) is 4.28. The second kappa shape index (κ2) is 7.42. The van der Waals surface area contributed by atoms with Crippen LogP contribution in [0.5, 0.6) is 0 Å². The first-order valence-corrected chi connectivity index (χ1v) is 7.87. The van der Waals surface area contributed by atoms with E-state index in [1.165, 1.54) is 34.2 Å². The highest BCUT2D eigenvalue weighted by atomic mass is 14.9. The lowest BCUT2D eigenvalue weighted by atomic mass is 9.95. The molecule has 0 saturated carbocycles. The Balaban J connectivity index is 1.96. The zero-order chi connectivity index (χ0) is 15.2. The molecule has 2 aromatic rings. The van der Waals surface area contributed by atoms with Crippen LogP contribution in [-0.2, 0) is 12.8 Å². The van der Waals surface area contributed by atoms with E-state index in [0.29, 0.717) is 6.04 Å². The summed E-state index contributed by atoms with van der Waals surface area (Å²) in [4.78, 5) is 0. The van der Waals surface area contributed by atoms with Gasteiger partial charge in [-0.15, -0.1) is 0 Å². The fourth-order valence-electron chi connectivity index (χ4n) is 2.73. The molecule has 0 heterocycles. The number of hydrogen-bond donors (Lipinski definition) is 1. The highest BCUT2D eigenvalue weighted by Gasteiger charge is 2.09. The Bertz CT molecular complexity index is 569. The van der Waals surface area contributed by atoms with Crippen molar-refractivity contribution in [3.8, 4) is 0 Å². The number of likely N-dealkylation sites (N-methyl/N-ethyl adjacent to an activating group) is 1. The largest absolute Gasteiger partial charge is 0.317 e. The number of rotatable bonds is 6. The molecular weight excluding hydrogens is 254 g/mol. The van der Waals surface area contributed by atoms with Crippen LogP contribution in [0, 0.1) is 20.8 Å². The molecule has 0 spiro atoms. The van der Waals surface area contributed by atoms with Crippen LogP contribution >= 0.6 is 0 Å². The van der Waals surface area contributed by atoms with E-state index >= 15 is 0 Å². The van der Waals surface area contributed by atoms with Crippen molar-refractivity contribution in [2.24, 2.45) is 0 Å². The van der Waals surface area contributed by atoms with Gasteiger partial charge in [0.05, 0.1) is 0 Å². The summed E-state index contributed by atoms with van der Waals surface area (Å²) < 4.78 is 0. The molecule has 0 bridgehead atoms. The second-order valence-electron chi connectivity index (χ2n) is 6.14. The smallest absolute Gasteiger partial charge is 0.0108 e. The van der Waals surface area contributed by atoms with Crippen LogP contribution in [0.3, 0.4) is 0 Å². The zero-order valence-electron chi connectivity index (χ0n) is 13.7. The van der Waals surface area contributed by atoms with Gasteiger partial charge in [-0.05, 0) is 63.8 Å². The van der Waals surface area contributed by atoms with Crippen molar-refractivity contribution in [3.05, 3.63) is 70.3 Å². The fourth-order valence-corrected chi connectivity index (χ4v) is 2.73. The fraction of sp³-hybridized carbons (Fsp3) is 0.400. The summed E-state index contributed by atoms with van der Waals surface area (Å²) in [6.07, 6.45) is 3.42. The topological polar surface area (TPSA) is 12.0 Å². The number of aryl methyl sites for hydroxylation is 4. The average molecular weight is 281 g/mol. The monoisotopic (exact) mass is 281 g/mol. The molecule has 112 valence electrons. The highest BCUT2D eigenvalue weighted by molar-refractivity contribution is 5.31. The SMILES string of the molecule is CNC(CCc1ccc(C)cc1)Cc1cc(C)ccc1C. The Morgan fingerprint density at radius 2 is 1.57 bits per heavy atom. The minimum atomic E-state index is 0.534. The second-order valence-corrected chi connectivity index (χ2v) is 6.14. The minimum absolute atomic E-state index is 0.534. The molecule has 21 heavy (non-hydrogen) atoms. The molecule has 0 saturated heterocycles. The summed E-state index contributed by atoms with van der Waals surface area (Å²) in [5, 5.41) is 3.48. The number of nitrogens with one attached hydrogen (secondary N) is 1. The van der Waals surface area contributed by atoms with Crippen LogP contribution in [0.25, 0.3) is 0 Å². The molecule has 1 heteroatoms. The van der Waals surface area contributed by atoms with E-state index in [-0.39, 0.29) is 0 Å². The van der Waals surface area contributed by atoms with E-state index in [1.54, 1.807) is 0 Å². The molecule has 2 rings (SSSR count). The molecule has 0 aliphatic carbocycles. The van der Waals surface area contributed by atoms with Crippen LogP contribution in [-0.4, -0.2) is 13.1 Å². The van der Waals surface area contributed by atoms with Crippen LogP contribution in [0.1, 0.15) is 34.2 Å². The summed E-state index contributed by atoms with van der Waals surface area (Å²) in [5.41, 5.74) is 6.99. The third-order valence-corrected chi connectivity index (χ3v) is 4.28. The lowest BCUT2D eigenvalue weighted by Crippen LogP contribution is -2.28. The molecular formula is C20H27N. The molecule has 1 nitrogen and oxygen atoms in total. The van der Waals surface area contributed by atoms with Gasteiger partial charge in [-0.25, -0.2) is 0 Å². The summed E-state index contributed by atoms with van der Waals surface area (Å²) in [6.45, 7) is 6.52. The van der Waals surface area contributed by atoms with Gasteiger partial charge in [0.2, 0.25) is 0 Å². The Morgan fingerprint density at radius 3 is 2.24 bits per heavy atom. The Kier molecular flexibility index (Phi) is 5.58. The van der Waals surface area contributed by atoms with Gasteiger partial charge in [-0.3, -0.25) is 0 Å². The van der Waals surface area contributed by atoms with Gasteiger partial charge in [-0.1, -0.05) is 53.6 Å². The van der Waals surface area contributed by atoms with Crippen molar-refractivity contribution in [1.82, 2.24) is 5.32 Å². The molecule has 0 radical (unpaired) electrons. The van der Waals surface area contributed by atoms with Crippen LogP contribution < -0.4 is 5.32 Å². The van der Waals surface area contributed by atoms with E-state index in [9.17, 15) is 0 Å². The predicted molar refractivity (Wildman–Crippen MR) is 92.0 cm³/mol. The van der Waals surface area contributed by atoms with Crippen molar-refractivity contribution in [3.63, 3.8) is 0 Å². The maximum atomic E-state index is 3.48. The van der Waals surface area contributed by atoms with E-state index in [0.717, 1.165) is 12.8 Å². The predicted octanol–water partition coefficient (Wildman–Crippen LogP) is 4.38. The molecule has 0 fully saturated rings. The Labute approximate surface area is 129 Å². The van der Waals surface area contributed by atoms with E-state index in [1.807, 2.05) is 0 Å². The molecule has 0 aliphatic heterocycles. The van der Waals surface area contributed by atoms with Crippen molar-refractivity contribution in [2.45, 2.75) is 46.1 Å². The van der Waals surface area contributed by atoms with Crippen molar-refractivity contribution >= 4 is 0 Å². The van der Waals surface area contributed by atoms with Gasteiger partial charge >= 0.3 is 0 Å². The number of hydrogen-bond acceptors (Lipinski definition) is 1. The molecule has 1 N–H and O–H groups in total. The van der Waals surface area contributed by atoms with E-state index in [4.69, 9.17) is 0 Å². The first-order valence-electron chi connectivity index (χ1n) is 7.87. The van der Waals surface area contributed by atoms with Crippen molar-refractivity contribution in [1.29, 1.82) is 0 Å². The van der Waals surface area contributed by atoms with Crippen molar-refractivity contribution in [2.75, 3.05) is 7.05 Å². The van der Waals surface area contributed by atoms with Crippen molar-refractivity contribution < 1.29 is 0 Å². The molecule has 2 aromatic carbocycles. The van der Waals surface area contributed by atoms with Crippen LogP contribution in [0.15, 0.2) is 42.5 Å². The Hall–Kier alpha value is -1.60. The van der Waals surface area contributed by atoms with Gasteiger partial charge in [0, 0.05) is 6.04 Å². The third kappa shape index (κ3) is 4.71. The van der Waals surface area contributed by atoms with Gasteiger partial charge in [0.25, 0.3) is 0 Å². The zero-order valence-corrected chi connectivity index (χ0v) is 13.7. The normalized spacial score (nSPS) is 12.4. The first kappa shape index (κ1) is 15.8. The summed E-state index contributed by atoms with van der Waals surface area (Å²) >= 11 is 0. The van der Waals surface area contributed by atoms with E-state index in [2.05, 4.69) is 75.6 Å². The lowest BCUT2D eigenvalue weighted by Gasteiger charge is -2.18. The minimum Gasteiger partial charge on any atom is -0.317 e. The van der Waals surface area contributed by atoms with Crippen LogP contribution in [0.4, 0.5) is 0 Å². The molecule has 1 atom stereocenters. The first-order chi connectivity index (χ1) is 10.1. The standard InChI is InChI=1S/C20H27N/c1-15-6-9-18(10-7-15)11-12-20(21-4)14-19-13-16(2)5-8-17(19)3/h5-10,13,20-21H,11-12,14H2,1-4H3. The van der Waals surface area contributed by atoms with Gasteiger partial charge in [0.15, 0.2) is 0 Å². The summed E-state index contributed by atoms with van der Waals surface area (Å²) in [7, 11) is 2.07.